The van der Waals surface area contributed by atoms with Crippen LogP contribution in [0.25, 0.3) is 0 Å². The Bertz CT molecular complexity index is 200. The number of aryl methyl sites for hydroxylation is 1. The average Bonchev–Trinajstić information content (AvgIpc) is 2.43. The summed E-state index contributed by atoms with van der Waals surface area (Å²) in [6, 6.07) is 1.97. The first kappa shape index (κ1) is 13.9. The summed E-state index contributed by atoms with van der Waals surface area (Å²) in [5.74, 6) is 0. The van der Waals surface area contributed by atoms with Crippen LogP contribution in [0.15, 0.2) is 30.5 Å². The smallest absolute Gasteiger partial charge is 0.484 e. The molecule has 0 fully saturated rings. The molecule has 12 heavy (non-hydrogen) atoms. The first-order chi connectivity index (χ1) is 5.31. The van der Waals surface area contributed by atoms with Gasteiger partial charge < -0.3 is 4.98 Å². The van der Waals surface area contributed by atoms with Gasteiger partial charge in [-0.1, -0.05) is 13.8 Å². The van der Waals surface area contributed by atoms with Gasteiger partial charge in [-0.2, -0.15) is 23.9 Å². The molecular formula is C10H13NRu. The third kappa shape index (κ3) is 9.38. The minimum atomic E-state index is 0. The van der Waals surface area contributed by atoms with Crippen molar-refractivity contribution in [3.05, 3.63) is 48.8 Å². The molecular weight excluding hydrogens is 235 g/mol. The number of hydrogen-bond acceptors (Lipinski definition) is 0. The molecule has 0 unspecified atom stereocenters. The van der Waals surface area contributed by atoms with Gasteiger partial charge in [0, 0.05) is 0 Å². The predicted octanol–water partition coefficient (Wildman–Crippen LogP) is 2.67. The third-order valence-electron chi connectivity index (χ3n) is 0.990. The van der Waals surface area contributed by atoms with Gasteiger partial charge in [-0.05, 0) is 0 Å². The van der Waals surface area contributed by atoms with Crippen molar-refractivity contribution in [3.63, 3.8) is 0 Å². The van der Waals surface area contributed by atoms with E-state index in [9.17, 15) is 0 Å². The van der Waals surface area contributed by atoms with E-state index in [-0.39, 0.29) is 19.5 Å². The Morgan fingerprint density at radius 2 is 2.25 bits per heavy atom. The molecule has 1 heterocycles. The maximum absolute atomic E-state index is 4.93. The van der Waals surface area contributed by atoms with Gasteiger partial charge in [0.15, 0.2) is 0 Å². The average molecular weight is 248 g/mol. The quantitative estimate of drug-likeness (QED) is 0.447. The van der Waals surface area contributed by atoms with Crippen LogP contribution >= 0.6 is 0 Å². The van der Waals surface area contributed by atoms with Crippen LogP contribution in [0.5, 0.6) is 0 Å². The monoisotopic (exact) mass is 249 g/mol. The molecule has 0 bridgehead atoms. The van der Waals surface area contributed by atoms with E-state index in [0.717, 1.165) is 5.56 Å². The van der Waals surface area contributed by atoms with E-state index >= 15 is 0 Å². The standard InChI is InChI=1S/C5H6N.C5H7.Ru/c1-5-2-3-6-4-5;1-3-5-4-2;/h2-3,6H,1H3;1,3-5H,2H3;/q2*-1;+2. The Morgan fingerprint density at radius 3 is 2.33 bits per heavy atom. The van der Waals surface area contributed by atoms with Crippen LogP contribution in [0.3, 0.4) is 0 Å². The number of nitrogens with one attached hydrogen (secondary N) is 1. The Balaban J connectivity index is 0. The van der Waals surface area contributed by atoms with Crippen LogP contribution < -0.4 is 0 Å². The Labute approximate surface area is 87.3 Å². The Morgan fingerprint density at radius 1 is 1.58 bits per heavy atom. The second-order valence-electron chi connectivity index (χ2n) is 2.00. The van der Waals surface area contributed by atoms with E-state index < -0.39 is 0 Å². The summed E-state index contributed by atoms with van der Waals surface area (Å²) in [5, 5.41) is 0. The molecule has 1 aromatic heterocycles. The van der Waals surface area contributed by atoms with Crippen molar-refractivity contribution in [2.24, 2.45) is 0 Å². The van der Waals surface area contributed by atoms with Crippen molar-refractivity contribution in [1.29, 1.82) is 0 Å². The zero-order chi connectivity index (χ0) is 8.53. The molecule has 0 amide bonds. The predicted molar refractivity (Wildman–Crippen MR) is 48.0 cm³/mol. The molecule has 66 valence electrons. The summed E-state index contributed by atoms with van der Waals surface area (Å²) >= 11 is 0. The van der Waals surface area contributed by atoms with E-state index in [1.807, 2.05) is 32.2 Å². The second-order valence-corrected chi connectivity index (χ2v) is 2.00. The van der Waals surface area contributed by atoms with E-state index in [1.54, 1.807) is 6.08 Å². The molecule has 0 saturated heterocycles. The number of hydrogen-bond donors (Lipinski definition) is 1. The van der Waals surface area contributed by atoms with E-state index in [1.165, 1.54) is 6.08 Å². The summed E-state index contributed by atoms with van der Waals surface area (Å²) in [6.45, 7) is 8.84. The van der Waals surface area contributed by atoms with Crippen molar-refractivity contribution in [3.8, 4) is 0 Å². The summed E-state index contributed by atoms with van der Waals surface area (Å²) in [7, 11) is 0. The fourth-order valence-corrected chi connectivity index (χ4v) is 0.475. The maximum Gasteiger partial charge on any atom is 2.00 e. The molecule has 1 rings (SSSR count). The maximum atomic E-state index is 4.93. The molecule has 2 heteroatoms. The van der Waals surface area contributed by atoms with E-state index in [4.69, 9.17) is 6.58 Å². The van der Waals surface area contributed by atoms with Crippen LogP contribution in [0.1, 0.15) is 12.5 Å². The number of allylic oxidation sites excluding steroid dienone is 3. The molecule has 0 atom stereocenters. The fourth-order valence-electron chi connectivity index (χ4n) is 0.475. The number of H-pyrrole nitrogens is 1. The number of rotatable bonds is 1. The molecule has 1 aromatic rings. The molecule has 1 N–H and O–H groups in total. The third-order valence-corrected chi connectivity index (χ3v) is 0.990. The van der Waals surface area contributed by atoms with Crippen molar-refractivity contribution < 1.29 is 19.5 Å². The normalized spacial score (nSPS) is 8.17. The van der Waals surface area contributed by atoms with Crippen LogP contribution in [0.4, 0.5) is 0 Å². The SMILES string of the molecule is Cc1[c-][nH]cc1.[CH-]=CC=CC.[Ru+2]. The first-order valence-electron chi connectivity index (χ1n) is 3.49. The van der Waals surface area contributed by atoms with Crippen LogP contribution in [-0.4, -0.2) is 4.98 Å². The molecule has 1 nitrogen and oxygen atoms in total. The van der Waals surface area contributed by atoms with Crippen molar-refractivity contribution >= 4 is 0 Å². The van der Waals surface area contributed by atoms with Crippen LogP contribution in [-0.2, 0) is 19.5 Å². The number of aromatic nitrogens is 1. The van der Waals surface area contributed by atoms with Gasteiger partial charge >= 0.3 is 19.5 Å². The summed E-state index contributed by atoms with van der Waals surface area (Å²) < 4.78 is 0. The summed E-state index contributed by atoms with van der Waals surface area (Å²) in [6.07, 6.45) is 9.88. The van der Waals surface area contributed by atoms with Gasteiger partial charge in [-0.25, -0.2) is 12.2 Å². The van der Waals surface area contributed by atoms with Gasteiger partial charge in [-0.3, -0.25) is 6.58 Å². The van der Waals surface area contributed by atoms with Gasteiger partial charge in [0.2, 0.25) is 0 Å². The topological polar surface area (TPSA) is 15.8 Å². The summed E-state index contributed by atoms with van der Waals surface area (Å²) in [5.41, 5.74) is 1.16. The molecule has 0 spiro atoms. The van der Waals surface area contributed by atoms with Crippen molar-refractivity contribution in [1.82, 2.24) is 4.98 Å². The van der Waals surface area contributed by atoms with Crippen LogP contribution in [0, 0.1) is 19.7 Å². The minimum absolute atomic E-state index is 0. The molecule has 0 aliphatic carbocycles. The van der Waals surface area contributed by atoms with E-state index in [0.29, 0.717) is 0 Å². The summed E-state index contributed by atoms with van der Waals surface area (Å²) in [4.78, 5) is 2.80. The van der Waals surface area contributed by atoms with Gasteiger partial charge in [-0.15, -0.1) is 6.20 Å². The molecule has 0 saturated carbocycles. The largest absolute Gasteiger partial charge is 2.00 e. The molecule has 0 radical (unpaired) electrons. The van der Waals surface area contributed by atoms with Gasteiger partial charge in [0.05, 0.1) is 0 Å². The van der Waals surface area contributed by atoms with Crippen molar-refractivity contribution in [2.45, 2.75) is 13.8 Å². The fraction of sp³-hybridized carbons (Fsp3) is 0.200. The Kier molecular flexibility index (Phi) is 12.1. The second kappa shape index (κ2) is 10.4. The number of aromatic amines is 1. The molecule has 0 aromatic carbocycles. The zero-order valence-electron chi connectivity index (χ0n) is 7.32. The minimum Gasteiger partial charge on any atom is -0.484 e. The van der Waals surface area contributed by atoms with E-state index in [2.05, 4.69) is 11.2 Å². The first-order valence-corrected chi connectivity index (χ1v) is 3.49. The van der Waals surface area contributed by atoms with Gasteiger partial charge in [0.1, 0.15) is 0 Å². The van der Waals surface area contributed by atoms with Crippen LogP contribution in [0.2, 0.25) is 0 Å². The van der Waals surface area contributed by atoms with Gasteiger partial charge in [0.25, 0.3) is 0 Å². The zero-order valence-corrected chi connectivity index (χ0v) is 9.06. The Hall–Kier alpha value is -0.617. The molecule has 0 aliphatic heterocycles. The molecule has 0 aliphatic rings. The van der Waals surface area contributed by atoms with Crippen molar-refractivity contribution in [2.75, 3.05) is 0 Å².